The van der Waals surface area contributed by atoms with E-state index in [1.807, 2.05) is 6.07 Å². The minimum absolute atomic E-state index is 0.00548. The van der Waals surface area contributed by atoms with E-state index in [4.69, 9.17) is 10.00 Å². The molecule has 0 saturated carbocycles. The second-order valence-electron chi connectivity index (χ2n) is 4.71. The molecule has 0 aliphatic carbocycles. The lowest BCUT2D eigenvalue weighted by Gasteiger charge is -2.32. The standard InChI is InChI=1S/C14H16N4O3/c1-10(19)18-4-5-21-13(9-18)8-17-14(20)11-2-3-12(6-15)16-7-11/h2-3,7,13H,4-5,8-9H2,1H3,(H,17,20). The summed E-state index contributed by atoms with van der Waals surface area (Å²) in [6.07, 6.45) is 1.15. The van der Waals surface area contributed by atoms with Crippen molar-refractivity contribution in [1.82, 2.24) is 15.2 Å². The molecule has 0 radical (unpaired) electrons. The van der Waals surface area contributed by atoms with Gasteiger partial charge in [0, 0.05) is 32.8 Å². The minimum Gasteiger partial charge on any atom is -0.373 e. The second kappa shape index (κ2) is 6.81. The maximum absolute atomic E-state index is 11.9. The molecule has 1 unspecified atom stereocenters. The van der Waals surface area contributed by atoms with E-state index in [9.17, 15) is 9.59 Å². The Labute approximate surface area is 122 Å². The number of nitrogens with one attached hydrogen (secondary N) is 1. The molecule has 2 heterocycles. The van der Waals surface area contributed by atoms with Crippen LogP contribution in [-0.2, 0) is 9.53 Å². The predicted molar refractivity (Wildman–Crippen MR) is 73.3 cm³/mol. The molecule has 0 spiro atoms. The third kappa shape index (κ3) is 4.00. The molecule has 2 amide bonds. The van der Waals surface area contributed by atoms with Crippen LogP contribution in [0.25, 0.3) is 0 Å². The minimum atomic E-state index is -0.282. The van der Waals surface area contributed by atoms with Gasteiger partial charge in [-0.1, -0.05) is 0 Å². The summed E-state index contributed by atoms with van der Waals surface area (Å²) in [5.74, 6) is -0.276. The number of ether oxygens (including phenoxy) is 1. The lowest BCUT2D eigenvalue weighted by Crippen LogP contribution is -2.49. The monoisotopic (exact) mass is 288 g/mol. The van der Waals surface area contributed by atoms with Gasteiger partial charge in [-0.15, -0.1) is 0 Å². The molecule has 7 heteroatoms. The molecule has 1 N–H and O–H groups in total. The van der Waals surface area contributed by atoms with E-state index in [2.05, 4.69) is 10.3 Å². The van der Waals surface area contributed by atoms with Gasteiger partial charge in [-0.2, -0.15) is 5.26 Å². The second-order valence-corrected chi connectivity index (χ2v) is 4.71. The molecular formula is C14H16N4O3. The van der Waals surface area contributed by atoms with Crippen LogP contribution in [0.1, 0.15) is 23.0 Å². The van der Waals surface area contributed by atoms with Crippen molar-refractivity contribution in [3.8, 4) is 6.07 Å². The van der Waals surface area contributed by atoms with Gasteiger partial charge >= 0.3 is 0 Å². The average molecular weight is 288 g/mol. The van der Waals surface area contributed by atoms with Crippen LogP contribution in [0.3, 0.4) is 0 Å². The first-order chi connectivity index (χ1) is 10.1. The molecule has 1 aliphatic rings. The van der Waals surface area contributed by atoms with Gasteiger partial charge < -0.3 is 15.0 Å². The highest BCUT2D eigenvalue weighted by atomic mass is 16.5. The zero-order valence-corrected chi connectivity index (χ0v) is 11.7. The highest BCUT2D eigenvalue weighted by molar-refractivity contribution is 5.93. The van der Waals surface area contributed by atoms with Gasteiger partial charge in [0.05, 0.1) is 18.3 Å². The van der Waals surface area contributed by atoms with E-state index in [1.165, 1.54) is 19.2 Å². The van der Waals surface area contributed by atoms with Crippen molar-refractivity contribution >= 4 is 11.8 Å². The molecule has 1 saturated heterocycles. The van der Waals surface area contributed by atoms with Gasteiger partial charge in [0.2, 0.25) is 5.91 Å². The zero-order valence-electron chi connectivity index (χ0n) is 11.7. The molecule has 110 valence electrons. The van der Waals surface area contributed by atoms with E-state index >= 15 is 0 Å². The Balaban J connectivity index is 1.85. The Morgan fingerprint density at radius 3 is 3.00 bits per heavy atom. The van der Waals surface area contributed by atoms with Gasteiger partial charge in [-0.3, -0.25) is 9.59 Å². The first-order valence-corrected chi connectivity index (χ1v) is 6.61. The van der Waals surface area contributed by atoms with E-state index in [0.717, 1.165) is 0 Å². The van der Waals surface area contributed by atoms with Gasteiger partial charge in [0.1, 0.15) is 11.8 Å². The van der Waals surface area contributed by atoms with E-state index in [0.29, 0.717) is 31.8 Å². The van der Waals surface area contributed by atoms with Gasteiger partial charge in [-0.25, -0.2) is 4.98 Å². The summed E-state index contributed by atoms with van der Waals surface area (Å²) in [6.45, 7) is 3.37. The molecule has 0 bridgehead atoms. The third-order valence-corrected chi connectivity index (χ3v) is 3.21. The summed E-state index contributed by atoms with van der Waals surface area (Å²) in [5.41, 5.74) is 0.646. The number of carbonyl (C=O) groups excluding carboxylic acids is 2. The van der Waals surface area contributed by atoms with Crippen LogP contribution in [0.2, 0.25) is 0 Å². The predicted octanol–water partition coefficient (Wildman–Crippen LogP) is -0.0696. The van der Waals surface area contributed by atoms with Crippen molar-refractivity contribution in [3.63, 3.8) is 0 Å². The number of aromatic nitrogens is 1. The van der Waals surface area contributed by atoms with Crippen molar-refractivity contribution in [3.05, 3.63) is 29.6 Å². The summed E-state index contributed by atoms with van der Waals surface area (Å²) in [5, 5.41) is 11.4. The Morgan fingerprint density at radius 2 is 2.38 bits per heavy atom. The molecule has 1 atom stereocenters. The number of morpholine rings is 1. The summed E-state index contributed by atoms with van der Waals surface area (Å²) in [4.78, 5) is 28.8. The maximum atomic E-state index is 11.9. The van der Waals surface area contributed by atoms with Crippen LogP contribution >= 0.6 is 0 Å². The van der Waals surface area contributed by atoms with Gasteiger partial charge in [0.15, 0.2) is 0 Å². The molecular weight excluding hydrogens is 272 g/mol. The molecule has 2 rings (SSSR count). The largest absolute Gasteiger partial charge is 0.373 e. The number of carbonyl (C=O) groups is 2. The Kier molecular flexibility index (Phi) is 4.85. The number of pyridine rings is 1. The summed E-state index contributed by atoms with van der Waals surface area (Å²) in [7, 11) is 0. The normalized spacial score (nSPS) is 17.9. The number of rotatable bonds is 3. The zero-order chi connectivity index (χ0) is 15.2. The van der Waals surface area contributed by atoms with Crippen LogP contribution in [-0.4, -0.2) is 54.0 Å². The first-order valence-electron chi connectivity index (χ1n) is 6.61. The van der Waals surface area contributed by atoms with Gasteiger partial charge in [-0.05, 0) is 12.1 Å². The fourth-order valence-electron chi connectivity index (χ4n) is 2.03. The molecule has 1 aliphatic heterocycles. The number of nitriles is 1. The molecule has 1 fully saturated rings. The highest BCUT2D eigenvalue weighted by Gasteiger charge is 2.22. The van der Waals surface area contributed by atoms with E-state index in [-0.39, 0.29) is 23.6 Å². The van der Waals surface area contributed by atoms with Gasteiger partial charge in [0.25, 0.3) is 5.91 Å². The average Bonchev–Trinajstić information content (AvgIpc) is 2.53. The van der Waals surface area contributed by atoms with Crippen molar-refractivity contribution in [2.24, 2.45) is 0 Å². The molecule has 21 heavy (non-hydrogen) atoms. The van der Waals surface area contributed by atoms with Crippen LogP contribution in [0.4, 0.5) is 0 Å². The topological polar surface area (TPSA) is 95.3 Å². The Bertz CT molecular complexity index is 565. The number of amides is 2. The van der Waals surface area contributed by atoms with Crippen LogP contribution in [0.5, 0.6) is 0 Å². The summed E-state index contributed by atoms with van der Waals surface area (Å²) < 4.78 is 5.51. The third-order valence-electron chi connectivity index (χ3n) is 3.21. The van der Waals surface area contributed by atoms with Crippen LogP contribution in [0.15, 0.2) is 18.3 Å². The fraction of sp³-hybridized carbons (Fsp3) is 0.429. The Hall–Kier alpha value is -2.46. The fourth-order valence-corrected chi connectivity index (χ4v) is 2.03. The number of hydrogen-bond acceptors (Lipinski definition) is 5. The lowest BCUT2D eigenvalue weighted by atomic mass is 10.2. The summed E-state index contributed by atoms with van der Waals surface area (Å²) >= 11 is 0. The quantitative estimate of drug-likeness (QED) is 0.840. The van der Waals surface area contributed by atoms with Crippen molar-refractivity contribution in [2.45, 2.75) is 13.0 Å². The van der Waals surface area contributed by atoms with Crippen molar-refractivity contribution in [2.75, 3.05) is 26.2 Å². The SMILES string of the molecule is CC(=O)N1CCOC(CNC(=O)c2ccc(C#N)nc2)C1. The van der Waals surface area contributed by atoms with Crippen molar-refractivity contribution in [1.29, 1.82) is 5.26 Å². The van der Waals surface area contributed by atoms with E-state index < -0.39 is 0 Å². The molecule has 0 aromatic carbocycles. The van der Waals surface area contributed by atoms with Crippen molar-refractivity contribution < 1.29 is 14.3 Å². The smallest absolute Gasteiger partial charge is 0.252 e. The lowest BCUT2D eigenvalue weighted by molar-refractivity contribution is -0.136. The summed E-state index contributed by atoms with van der Waals surface area (Å²) in [6, 6.07) is 4.93. The van der Waals surface area contributed by atoms with Crippen LogP contribution in [0, 0.1) is 11.3 Å². The van der Waals surface area contributed by atoms with Crippen LogP contribution < -0.4 is 5.32 Å². The molecule has 1 aromatic rings. The first kappa shape index (κ1) is 14.9. The molecule has 7 nitrogen and oxygen atoms in total. The number of hydrogen-bond donors (Lipinski definition) is 1. The molecule has 1 aromatic heterocycles. The van der Waals surface area contributed by atoms with E-state index in [1.54, 1.807) is 11.0 Å². The number of nitrogens with zero attached hydrogens (tertiary/aromatic N) is 3. The Morgan fingerprint density at radius 1 is 1.57 bits per heavy atom. The maximum Gasteiger partial charge on any atom is 0.252 e. The highest BCUT2D eigenvalue weighted by Crippen LogP contribution is 2.05.